The SMILES string of the molecule is CC1CC2CCC3(c4ccccc4-c4cc(-c5ccc6c(c5)oc5c(B7OC(C)(C)C(C)(C)O7)cccc56)ccc43)C(C1)C2. The second-order valence-electron chi connectivity index (χ2n) is 15.3. The number of hydrogen-bond donors (Lipinski definition) is 0. The van der Waals surface area contributed by atoms with Gasteiger partial charge in [-0.2, -0.15) is 0 Å². The molecule has 9 rings (SSSR count). The molecule has 4 aliphatic rings. The van der Waals surface area contributed by atoms with Crippen molar-refractivity contribution in [3.63, 3.8) is 0 Å². The summed E-state index contributed by atoms with van der Waals surface area (Å²) in [6, 6.07) is 29.6. The van der Waals surface area contributed by atoms with Crippen molar-refractivity contribution in [1.82, 2.24) is 0 Å². The van der Waals surface area contributed by atoms with Crippen LogP contribution in [0, 0.1) is 17.8 Å². The van der Waals surface area contributed by atoms with Crippen molar-refractivity contribution < 1.29 is 13.7 Å². The fraction of sp³-hybridized carbons (Fsp3) is 0.400. The van der Waals surface area contributed by atoms with E-state index in [0.29, 0.717) is 0 Å². The quantitative estimate of drug-likeness (QED) is 0.195. The lowest BCUT2D eigenvalue weighted by Gasteiger charge is -2.50. The molecule has 222 valence electrons. The summed E-state index contributed by atoms with van der Waals surface area (Å²) in [5.74, 6) is 2.47. The predicted molar refractivity (Wildman–Crippen MR) is 180 cm³/mol. The van der Waals surface area contributed by atoms with Crippen molar-refractivity contribution >= 4 is 34.5 Å². The fourth-order valence-electron chi connectivity index (χ4n) is 9.47. The first kappa shape index (κ1) is 27.0. The first-order valence-electron chi connectivity index (χ1n) is 16.7. The molecule has 4 heteroatoms. The summed E-state index contributed by atoms with van der Waals surface area (Å²) in [4.78, 5) is 0. The predicted octanol–water partition coefficient (Wildman–Crippen LogP) is 9.66. The van der Waals surface area contributed by atoms with Gasteiger partial charge in [0.25, 0.3) is 0 Å². The summed E-state index contributed by atoms with van der Waals surface area (Å²) in [5.41, 5.74) is 10.5. The first-order chi connectivity index (χ1) is 21.1. The van der Waals surface area contributed by atoms with Crippen LogP contribution in [0.2, 0.25) is 0 Å². The van der Waals surface area contributed by atoms with Gasteiger partial charge in [-0.1, -0.05) is 67.6 Å². The lowest BCUT2D eigenvalue weighted by Crippen LogP contribution is -2.44. The van der Waals surface area contributed by atoms with E-state index in [4.69, 9.17) is 13.7 Å². The van der Waals surface area contributed by atoms with E-state index in [1.54, 1.807) is 11.1 Å². The maximum atomic E-state index is 6.63. The van der Waals surface area contributed by atoms with Crippen molar-refractivity contribution in [3.05, 3.63) is 90.0 Å². The van der Waals surface area contributed by atoms with Gasteiger partial charge in [-0.25, -0.2) is 0 Å². The Hall–Kier alpha value is -3.34. The van der Waals surface area contributed by atoms with Crippen molar-refractivity contribution in [2.24, 2.45) is 17.8 Å². The number of rotatable bonds is 2. The van der Waals surface area contributed by atoms with Crippen molar-refractivity contribution in [3.8, 4) is 22.3 Å². The Labute approximate surface area is 261 Å². The molecule has 2 heterocycles. The van der Waals surface area contributed by atoms with Crippen molar-refractivity contribution in [2.75, 3.05) is 0 Å². The Balaban J connectivity index is 1.14. The molecule has 3 nitrogen and oxygen atoms in total. The van der Waals surface area contributed by atoms with Crippen LogP contribution in [0.1, 0.15) is 77.8 Å². The van der Waals surface area contributed by atoms with Crippen LogP contribution in [0.25, 0.3) is 44.2 Å². The molecule has 0 radical (unpaired) electrons. The summed E-state index contributed by atoms with van der Waals surface area (Å²) in [7, 11) is -0.463. The zero-order valence-corrected chi connectivity index (χ0v) is 26.6. The molecular weight excluding hydrogens is 539 g/mol. The van der Waals surface area contributed by atoms with E-state index in [2.05, 4.69) is 113 Å². The van der Waals surface area contributed by atoms with Gasteiger partial charge in [0, 0.05) is 21.7 Å². The zero-order valence-electron chi connectivity index (χ0n) is 26.6. The van der Waals surface area contributed by atoms with Gasteiger partial charge in [0.2, 0.25) is 0 Å². The Morgan fingerprint density at radius 2 is 1.45 bits per heavy atom. The Morgan fingerprint density at radius 3 is 2.30 bits per heavy atom. The molecule has 5 aromatic rings. The molecule has 4 aromatic carbocycles. The molecule has 0 N–H and O–H groups in total. The molecule has 1 saturated heterocycles. The third kappa shape index (κ3) is 3.65. The number of furan rings is 1. The number of fused-ring (bicyclic) bond motifs is 11. The second kappa shape index (κ2) is 9.11. The maximum absolute atomic E-state index is 6.63. The fourth-order valence-corrected chi connectivity index (χ4v) is 9.47. The molecule has 2 saturated carbocycles. The van der Waals surface area contributed by atoms with E-state index in [1.165, 1.54) is 54.4 Å². The average molecular weight is 581 g/mol. The van der Waals surface area contributed by atoms with Gasteiger partial charge in [0.1, 0.15) is 11.2 Å². The largest absolute Gasteiger partial charge is 0.498 e. The lowest BCUT2D eigenvalue weighted by atomic mass is 9.53. The third-order valence-corrected chi connectivity index (χ3v) is 12.3. The molecular formula is C40H41BO3. The minimum atomic E-state index is -0.463. The van der Waals surface area contributed by atoms with Gasteiger partial charge in [-0.15, -0.1) is 0 Å². The number of hydrogen-bond acceptors (Lipinski definition) is 3. The summed E-state index contributed by atoms with van der Waals surface area (Å²) >= 11 is 0. The van der Waals surface area contributed by atoms with Crippen molar-refractivity contribution in [2.45, 2.75) is 83.3 Å². The topological polar surface area (TPSA) is 31.6 Å². The van der Waals surface area contributed by atoms with Crippen LogP contribution in [0.3, 0.4) is 0 Å². The average Bonchev–Trinajstić information content (AvgIpc) is 3.59. The van der Waals surface area contributed by atoms with Gasteiger partial charge in [0.15, 0.2) is 0 Å². The number of benzene rings is 4. The lowest BCUT2D eigenvalue weighted by molar-refractivity contribution is 0.00578. The molecule has 1 aromatic heterocycles. The molecule has 4 atom stereocenters. The summed E-state index contributed by atoms with van der Waals surface area (Å²) in [5, 5.41) is 2.22. The molecule has 44 heavy (non-hydrogen) atoms. The Kier molecular flexibility index (Phi) is 5.60. The summed E-state index contributed by atoms with van der Waals surface area (Å²) in [6.45, 7) is 10.9. The minimum Gasteiger partial charge on any atom is -0.456 e. The van der Waals surface area contributed by atoms with Crippen LogP contribution in [0.15, 0.2) is 83.3 Å². The van der Waals surface area contributed by atoms with Gasteiger partial charge >= 0.3 is 7.12 Å². The van der Waals surface area contributed by atoms with Gasteiger partial charge < -0.3 is 13.7 Å². The molecule has 1 aliphatic heterocycles. The summed E-state index contributed by atoms with van der Waals surface area (Å²) < 4.78 is 19.5. The highest BCUT2D eigenvalue weighted by Gasteiger charge is 2.54. The minimum absolute atomic E-state index is 0.169. The molecule has 2 bridgehead atoms. The third-order valence-electron chi connectivity index (χ3n) is 12.3. The van der Waals surface area contributed by atoms with Gasteiger partial charge in [-0.3, -0.25) is 0 Å². The molecule has 3 fully saturated rings. The van der Waals surface area contributed by atoms with Crippen LogP contribution >= 0.6 is 0 Å². The van der Waals surface area contributed by atoms with Gasteiger partial charge in [0.05, 0.1) is 11.2 Å². The maximum Gasteiger partial charge on any atom is 0.498 e. The van der Waals surface area contributed by atoms with E-state index >= 15 is 0 Å². The number of para-hydroxylation sites is 1. The smallest absolute Gasteiger partial charge is 0.456 e. The normalized spacial score (nSPS) is 28.1. The van der Waals surface area contributed by atoms with E-state index in [-0.39, 0.29) is 5.41 Å². The van der Waals surface area contributed by atoms with Crippen LogP contribution in [0.4, 0.5) is 0 Å². The molecule has 3 aliphatic carbocycles. The Morgan fingerprint density at radius 1 is 0.705 bits per heavy atom. The molecule has 0 amide bonds. The van der Waals surface area contributed by atoms with E-state index in [9.17, 15) is 0 Å². The summed E-state index contributed by atoms with van der Waals surface area (Å²) in [6.07, 6.45) is 6.79. The zero-order chi connectivity index (χ0) is 30.0. The van der Waals surface area contributed by atoms with E-state index in [1.807, 2.05) is 0 Å². The van der Waals surface area contributed by atoms with E-state index < -0.39 is 18.3 Å². The van der Waals surface area contributed by atoms with Crippen LogP contribution in [-0.4, -0.2) is 18.3 Å². The standard InChI is InChI=1S/C40H41BO3/c1-24-19-25-17-18-40(28(20-24)21-25)33-11-7-6-9-29(33)32-22-26(14-16-34(32)40)27-13-15-30-31-10-8-12-35(37(31)42-36(30)23-27)41-43-38(2,3)39(4,5)44-41/h6-16,22-25,28H,17-21H2,1-5H3. The van der Waals surface area contributed by atoms with Crippen LogP contribution < -0.4 is 5.46 Å². The van der Waals surface area contributed by atoms with Crippen LogP contribution in [-0.2, 0) is 14.7 Å². The monoisotopic (exact) mass is 580 g/mol. The molecule has 4 unspecified atom stereocenters. The first-order valence-corrected chi connectivity index (χ1v) is 16.7. The van der Waals surface area contributed by atoms with E-state index in [0.717, 1.165) is 45.2 Å². The highest BCUT2D eigenvalue weighted by Crippen LogP contribution is 2.62. The Bertz CT molecular complexity index is 1950. The van der Waals surface area contributed by atoms with Gasteiger partial charge in [-0.05, 0) is 129 Å². The highest BCUT2D eigenvalue weighted by molar-refractivity contribution is 6.65. The highest BCUT2D eigenvalue weighted by atomic mass is 16.7. The van der Waals surface area contributed by atoms with Crippen LogP contribution in [0.5, 0.6) is 0 Å². The second-order valence-corrected chi connectivity index (χ2v) is 15.3. The van der Waals surface area contributed by atoms with Crippen molar-refractivity contribution in [1.29, 1.82) is 0 Å². The molecule has 1 spiro atoms.